The van der Waals surface area contributed by atoms with Gasteiger partial charge in [-0.2, -0.15) is 11.8 Å². The Morgan fingerprint density at radius 1 is 1.47 bits per heavy atom. The van der Waals surface area contributed by atoms with Crippen LogP contribution in [0.3, 0.4) is 0 Å². The standard InChI is InChI=1S/C14H20F2N2S/c1-3-17-14(13-9-19-7-6-18(13)2)11-5-4-10(15)8-12(11)16/h4-5,8,13-14,17H,3,6-7,9H2,1-2H3. The molecular weight excluding hydrogens is 266 g/mol. The van der Waals surface area contributed by atoms with Crippen molar-refractivity contribution in [2.24, 2.45) is 0 Å². The molecule has 0 saturated carbocycles. The third-order valence-electron chi connectivity index (χ3n) is 3.55. The fourth-order valence-electron chi connectivity index (χ4n) is 2.48. The van der Waals surface area contributed by atoms with E-state index < -0.39 is 11.6 Å². The van der Waals surface area contributed by atoms with E-state index in [0.29, 0.717) is 5.56 Å². The average molecular weight is 286 g/mol. The van der Waals surface area contributed by atoms with Crippen LogP contribution in [-0.2, 0) is 0 Å². The Bertz CT molecular complexity index is 428. The molecule has 0 radical (unpaired) electrons. The summed E-state index contributed by atoms with van der Waals surface area (Å²) >= 11 is 1.89. The summed E-state index contributed by atoms with van der Waals surface area (Å²) in [4.78, 5) is 2.26. The molecule has 2 nitrogen and oxygen atoms in total. The first-order chi connectivity index (χ1) is 9.13. The highest BCUT2D eigenvalue weighted by atomic mass is 32.2. The lowest BCUT2D eigenvalue weighted by atomic mass is 9.98. The summed E-state index contributed by atoms with van der Waals surface area (Å²) in [5.41, 5.74) is 0.558. The Labute approximate surface area is 117 Å². The Kier molecular flexibility index (Phi) is 5.19. The number of nitrogens with one attached hydrogen (secondary N) is 1. The van der Waals surface area contributed by atoms with Crippen molar-refractivity contribution in [1.82, 2.24) is 10.2 Å². The molecule has 1 aromatic rings. The third-order valence-corrected chi connectivity index (χ3v) is 4.60. The van der Waals surface area contributed by atoms with Crippen LogP contribution in [0.1, 0.15) is 18.5 Å². The van der Waals surface area contributed by atoms with Gasteiger partial charge in [0.1, 0.15) is 11.6 Å². The minimum absolute atomic E-state index is 0.0941. The van der Waals surface area contributed by atoms with Gasteiger partial charge in [0.25, 0.3) is 0 Å². The van der Waals surface area contributed by atoms with Gasteiger partial charge in [0.2, 0.25) is 0 Å². The van der Waals surface area contributed by atoms with Gasteiger partial charge in [0.15, 0.2) is 0 Å². The van der Waals surface area contributed by atoms with Crippen LogP contribution in [-0.4, -0.2) is 42.6 Å². The Morgan fingerprint density at radius 2 is 2.26 bits per heavy atom. The molecule has 2 rings (SSSR count). The second-order valence-corrected chi connectivity index (χ2v) is 5.97. The highest BCUT2D eigenvalue weighted by Gasteiger charge is 2.30. The molecule has 5 heteroatoms. The summed E-state index contributed by atoms with van der Waals surface area (Å²) in [6.45, 7) is 3.76. The lowest BCUT2D eigenvalue weighted by Crippen LogP contribution is -2.48. The molecule has 0 spiro atoms. The van der Waals surface area contributed by atoms with Crippen molar-refractivity contribution >= 4 is 11.8 Å². The van der Waals surface area contributed by atoms with Gasteiger partial charge in [0.05, 0.1) is 6.04 Å². The predicted molar refractivity (Wildman–Crippen MR) is 76.5 cm³/mol. The molecule has 2 unspecified atom stereocenters. The molecule has 1 heterocycles. The summed E-state index contributed by atoms with van der Waals surface area (Å²) in [6, 6.07) is 4.00. The van der Waals surface area contributed by atoms with E-state index in [9.17, 15) is 8.78 Å². The molecule has 1 aromatic carbocycles. The summed E-state index contributed by atoms with van der Waals surface area (Å²) in [7, 11) is 2.07. The van der Waals surface area contributed by atoms with E-state index in [0.717, 1.165) is 30.7 Å². The van der Waals surface area contributed by atoms with Crippen molar-refractivity contribution in [3.05, 3.63) is 35.4 Å². The molecule has 106 valence electrons. The quantitative estimate of drug-likeness (QED) is 0.916. The molecule has 1 aliphatic heterocycles. The zero-order valence-corrected chi connectivity index (χ0v) is 12.1. The smallest absolute Gasteiger partial charge is 0.130 e. The molecular formula is C14H20F2N2S. The minimum atomic E-state index is -0.525. The van der Waals surface area contributed by atoms with Crippen LogP contribution in [0.25, 0.3) is 0 Å². The molecule has 1 aliphatic rings. The van der Waals surface area contributed by atoms with E-state index in [2.05, 4.69) is 17.3 Å². The van der Waals surface area contributed by atoms with E-state index in [1.54, 1.807) is 6.07 Å². The van der Waals surface area contributed by atoms with E-state index in [1.807, 2.05) is 18.7 Å². The van der Waals surface area contributed by atoms with Crippen molar-refractivity contribution in [1.29, 1.82) is 0 Å². The predicted octanol–water partition coefficient (Wildman–Crippen LogP) is 2.66. The Hall–Kier alpha value is -0.650. The molecule has 1 N–H and O–H groups in total. The summed E-state index contributed by atoms with van der Waals surface area (Å²) in [5.74, 6) is 1.08. The van der Waals surface area contributed by atoms with Gasteiger partial charge in [0, 0.05) is 35.7 Å². The highest BCUT2D eigenvalue weighted by Crippen LogP contribution is 2.28. The minimum Gasteiger partial charge on any atom is -0.309 e. The van der Waals surface area contributed by atoms with Gasteiger partial charge in [-0.3, -0.25) is 4.90 Å². The Morgan fingerprint density at radius 3 is 2.89 bits per heavy atom. The van der Waals surface area contributed by atoms with Crippen molar-refractivity contribution in [2.45, 2.75) is 19.0 Å². The second kappa shape index (κ2) is 6.68. The molecule has 19 heavy (non-hydrogen) atoms. The maximum atomic E-state index is 14.0. The average Bonchev–Trinajstić information content (AvgIpc) is 2.38. The molecule has 0 aliphatic carbocycles. The first-order valence-electron chi connectivity index (χ1n) is 6.59. The molecule has 1 fully saturated rings. The summed E-state index contributed by atoms with van der Waals surface area (Å²) in [6.07, 6.45) is 0. The first-order valence-corrected chi connectivity index (χ1v) is 7.75. The number of nitrogens with zero attached hydrogens (tertiary/aromatic N) is 1. The van der Waals surface area contributed by atoms with Crippen LogP contribution in [0.4, 0.5) is 8.78 Å². The van der Waals surface area contributed by atoms with Gasteiger partial charge in [-0.1, -0.05) is 13.0 Å². The summed E-state index contributed by atoms with van der Waals surface area (Å²) in [5, 5.41) is 3.34. The van der Waals surface area contributed by atoms with Crippen LogP contribution < -0.4 is 5.32 Å². The van der Waals surface area contributed by atoms with Crippen LogP contribution in [0.5, 0.6) is 0 Å². The Balaban J connectivity index is 2.27. The molecule has 0 amide bonds. The van der Waals surface area contributed by atoms with Crippen LogP contribution >= 0.6 is 11.8 Å². The number of rotatable bonds is 4. The molecule has 2 atom stereocenters. The van der Waals surface area contributed by atoms with Gasteiger partial charge < -0.3 is 5.32 Å². The van der Waals surface area contributed by atoms with Gasteiger partial charge in [-0.15, -0.1) is 0 Å². The molecule has 0 bridgehead atoms. The molecule has 0 aromatic heterocycles. The van der Waals surface area contributed by atoms with Crippen molar-refractivity contribution in [2.75, 3.05) is 31.6 Å². The third kappa shape index (κ3) is 3.46. The van der Waals surface area contributed by atoms with Crippen molar-refractivity contribution in [3.63, 3.8) is 0 Å². The highest BCUT2D eigenvalue weighted by molar-refractivity contribution is 7.99. The van der Waals surface area contributed by atoms with E-state index in [4.69, 9.17) is 0 Å². The monoisotopic (exact) mass is 286 g/mol. The van der Waals surface area contributed by atoms with Crippen LogP contribution in [0.15, 0.2) is 18.2 Å². The lowest BCUT2D eigenvalue weighted by molar-refractivity contribution is 0.214. The number of hydrogen-bond acceptors (Lipinski definition) is 3. The molecule has 1 saturated heterocycles. The largest absolute Gasteiger partial charge is 0.309 e. The second-order valence-electron chi connectivity index (χ2n) is 4.82. The van der Waals surface area contributed by atoms with E-state index >= 15 is 0 Å². The number of thioether (sulfide) groups is 1. The fourth-order valence-corrected chi connectivity index (χ4v) is 3.76. The van der Waals surface area contributed by atoms with E-state index in [1.165, 1.54) is 6.07 Å². The number of likely N-dealkylation sites (N-methyl/N-ethyl adjacent to an activating group) is 2. The normalized spacial score (nSPS) is 22.4. The number of benzene rings is 1. The van der Waals surface area contributed by atoms with Crippen molar-refractivity contribution in [3.8, 4) is 0 Å². The topological polar surface area (TPSA) is 15.3 Å². The van der Waals surface area contributed by atoms with E-state index in [-0.39, 0.29) is 12.1 Å². The maximum Gasteiger partial charge on any atom is 0.130 e. The number of hydrogen-bond donors (Lipinski definition) is 1. The SMILES string of the molecule is CCNC(c1ccc(F)cc1F)C1CSCCN1C. The first kappa shape index (κ1) is 14.8. The maximum absolute atomic E-state index is 14.0. The fraction of sp³-hybridized carbons (Fsp3) is 0.571. The zero-order chi connectivity index (χ0) is 13.8. The van der Waals surface area contributed by atoms with Crippen LogP contribution in [0, 0.1) is 11.6 Å². The summed E-state index contributed by atoms with van der Waals surface area (Å²) < 4.78 is 27.0. The zero-order valence-electron chi connectivity index (χ0n) is 11.3. The van der Waals surface area contributed by atoms with Crippen LogP contribution in [0.2, 0.25) is 0 Å². The van der Waals surface area contributed by atoms with Gasteiger partial charge in [-0.05, 0) is 19.7 Å². The lowest BCUT2D eigenvalue weighted by Gasteiger charge is -2.38. The van der Waals surface area contributed by atoms with Crippen molar-refractivity contribution < 1.29 is 8.78 Å². The van der Waals surface area contributed by atoms with Gasteiger partial charge >= 0.3 is 0 Å². The number of halogens is 2. The van der Waals surface area contributed by atoms with Gasteiger partial charge in [-0.25, -0.2) is 8.78 Å².